The monoisotopic (exact) mass is 444 g/mol. The molecule has 1 aromatic carbocycles. The standard InChI is InChI=1S/C20H21FN6O3S/c1-27-11-4-6-13(27)16(21)15(8-11)30-20-26-25-18(31-20)12-5-3-10(7-14(12)28)17-22-9-23-19(24-17)29-2/h3,5,7,9,11,13,15-16,28H,4,6,8H2,1-2H3/t11?,13?,15-,16+/m0/s1. The largest absolute Gasteiger partial charge is 0.507 e. The van der Waals surface area contributed by atoms with E-state index in [9.17, 15) is 9.50 Å². The Bertz CT molecular complexity index is 1100. The number of phenolic OH excluding ortho intramolecular Hbond substituents is 1. The van der Waals surface area contributed by atoms with Crippen LogP contribution in [0.3, 0.4) is 0 Å². The van der Waals surface area contributed by atoms with Gasteiger partial charge in [0.15, 0.2) is 17.0 Å². The summed E-state index contributed by atoms with van der Waals surface area (Å²) in [5.41, 5.74) is 1.10. The van der Waals surface area contributed by atoms with Crippen molar-refractivity contribution >= 4 is 11.3 Å². The van der Waals surface area contributed by atoms with E-state index in [1.807, 2.05) is 7.05 Å². The number of nitrogens with zero attached hydrogens (tertiary/aromatic N) is 6. The van der Waals surface area contributed by atoms with E-state index in [0.717, 1.165) is 12.8 Å². The molecule has 2 unspecified atom stereocenters. The van der Waals surface area contributed by atoms with Gasteiger partial charge in [-0.25, -0.2) is 9.37 Å². The molecule has 1 N–H and O–H groups in total. The molecule has 0 spiro atoms. The molecule has 2 saturated heterocycles. The minimum Gasteiger partial charge on any atom is -0.507 e. The Balaban J connectivity index is 1.34. The lowest BCUT2D eigenvalue weighted by Crippen LogP contribution is -2.52. The SMILES string of the molecule is COc1ncnc(-c2ccc(-c3nnc(O[C@H]4CC5CCC([C@H]4F)N5C)s3)c(O)c2)n1. The van der Waals surface area contributed by atoms with Crippen LogP contribution in [0.15, 0.2) is 24.5 Å². The molecule has 2 aliphatic rings. The quantitative estimate of drug-likeness (QED) is 0.636. The second-order valence-electron chi connectivity index (χ2n) is 7.70. The van der Waals surface area contributed by atoms with Crippen molar-refractivity contribution in [1.29, 1.82) is 0 Å². The topological polar surface area (TPSA) is 106 Å². The van der Waals surface area contributed by atoms with Gasteiger partial charge in [0, 0.05) is 24.1 Å². The summed E-state index contributed by atoms with van der Waals surface area (Å²) in [4.78, 5) is 14.3. The molecule has 31 heavy (non-hydrogen) atoms. The summed E-state index contributed by atoms with van der Waals surface area (Å²) in [5, 5.41) is 19.5. The number of aromatic hydroxyl groups is 1. The first-order valence-electron chi connectivity index (χ1n) is 9.96. The highest BCUT2D eigenvalue weighted by Gasteiger charge is 2.47. The lowest BCUT2D eigenvalue weighted by molar-refractivity contribution is -0.0114. The Morgan fingerprint density at radius 1 is 1.23 bits per heavy atom. The summed E-state index contributed by atoms with van der Waals surface area (Å²) in [6, 6.07) is 5.45. The third-order valence-electron chi connectivity index (χ3n) is 6.00. The van der Waals surface area contributed by atoms with Gasteiger partial charge in [-0.15, -0.1) is 5.10 Å². The minimum absolute atomic E-state index is 0.000262. The number of alkyl halides is 1. The molecule has 0 radical (unpaired) electrons. The van der Waals surface area contributed by atoms with E-state index < -0.39 is 12.3 Å². The molecule has 2 fully saturated rings. The van der Waals surface area contributed by atoms with Gasteiger partial charge in [0.2, 0.25) is 0 Å². The number of benzene rings is 1. The van der Waals surface area contributed by atoms with Gasteiger partial charge in [0.1, 0.15) is 18.2 Å². The molecule has 3 aromatic rings. The second kappa shape index (κ2) is 7.97. The Kier molecular flexibility index (Phi) is 5.14. The number of aromatic nitrogens is 5. The zero-order chi connectivity index (χ0) is 21.5. The molecule has 4 atom stereocenters. The number of hydrogen-bond donors (Lipinski definition) is 1. The van der Waals surface area contributed by atoms with Gasteiger partial charge in [-0.3, -0.25) is 4.90 Å². The van der Waals surface area contributed by atoms with E-state index in [2.05, 4.69) is 30.0 Å². The van der Waals surface area contributed by atoms with Crippen LogP contribution in [0.25, 0.3) is 22.0 Å². The summed E-state index contributed by atoms with van der Waals surface area (Å²) in [7, 11) is 3.45. The molecule has 2 aliphatic heterocycles. The fourth-order valence-corrected chi connectivity index (χ4v) is 5.12. The first-order valence-corrected chi connectivity index (χ1v) is 10.8. The minimum atomic E-state index is -1.05. The third-order valence-corrected chi connectivity index (χ3v) is 6.85. The number of rotatable bonds is 5. The Hall–Kier alpha value is -2.92. The summed E-state index contributed by atoms with van der Waals surface area (Å²) in [6.07, 6.45) is 2.25. The normalized spacial score (nSPS) is 25.5. The maximum absolute atomic E-state index is 14.9. The van der Waals surface area contributed by atoms with E-state index in [4.69, 9.17) is 9.47 Å². The molecule has 2 bridgehead atoms. The van der Waals surface area contributed by atoms with Crippen molar-refractivity contribution in [2.45, 2.75) is 43.6 Å². The van der Waals surface area contributed by atoms with E-state index in [1.54, 1.807) is 12.1 Å². The highest BCUT2D eigenvalue weighted by molar-refractivity contribution is 7.16. The van der Waals surface area contributed by atoms with Gasteiger partial charge < -0.3 is 14.6 Å². The molecule has 5 rings (SSSR count). The third kappa shape index (κ3) is 3.68. The van der Waals surface area contributed by atoms with Gasteiger partial charge in [-0.2, -0.15) is 9.97 Å². The number of methoxy groups -OCH3 is 1. The van der Waals surface area contributed by atoms with Crippen molar-refractivity contribution in [3.05, 3.63) is 24.5 Å². The Morgan fingerprint density at radius 3 is 2.90 bits per heavy atom. The highest BCUT2D eigenvalue weighted by atomic mass is 32.1. The Morgan fingerprint density at radius 2 is 2.10 bits per heavy atom. The number of piperidine rings is 1. The molecule has 0 saturated carbocycles. The molecule has 2 aromatic heterocycles. The summed E-state index contributed by atoms with van der Waals surface area (Å²) in [5.74, 6) is 0.376. The van der Waals surface area contributed by atoms with Gasteiger partial charge in [-0.05, 0) is 32.0 Å². The molecular weight excluding hydrogens is 423 g/mol. The van der Waals surface area contributed by atoms with Crippen LogP contribution < -0.4 is 9.47 Å². The lowest BCUT2D eigenvalue weighted by atomic mass is 9.98. The van der Waals surface area contributed by atoms with Crippen molar-refractivity contribution in [1.82, 2.24) is 30.0 Å². The molecular formula is C20H21FN6O3S. The summed E-state index contributed by atoms with van der Waals surface area (Å²) >= 11 is 1.18. The van der Waals surface area contributed by atoms with E-state index in [1.165, 1.54) is 30.8 Å². The molecule has 4 heterocycles. The van der Waals surface area contributed by atoms with Crippen LogP contribution in [-0.4, -0.2) is 73.7 Å². The van der Waals surface area contributed by atoms with Gasteiger partial charge in [-0.1, -0.05) is 22.5 Å². The van der Waals surface area contributed by atoms with Crippen molar-refractivity contribution in [3.63, 3.8) is 0 Å². The van der Waals surface area contributed by atoms with Crippen molar-refractivity contribution in [2.24, 2.45) is 0 Å². The van der Waals surface area contributed by atoms with Crippen LogP contribution in [0.4, 0.5) is 4.39 Å². The average molecular weight is 444 g/mol. The van der Waals surface area contributed by atoms with Crippen LogP contribution in [0.1, 0.15) is 19.3 Å². The molecule has 11 heteroatoms. The first-order chi connectivity index (χ1) is 15.0. The van der Waals surface area contributed by atoms with Crippen LogP contribution in [0, 0.1) is 0 Å². The number of hydrogen-bond acceptors (Lipinski definition) is 10. The molecule has 0 amide bonds. The molecule has 162 valence electrons. The number of ether oxygens (including phenoxy) is 2. The average Bonchev–Trinajstić information content (AvgIpc) is 3.34. The van der Waals surface area contributed by atoms with E-state index in [-0.39, 0.29) is 17.8 Å². The maximum atomic E-state index is 14.9. The zero-order valence-electron chi connectivity index (χ0n) is 17.0. The van der Waals surface area contributed by atoms with Crippen molar-refractivity contribution in [3.8, 4) is 38.9 Å². The smallest absolute Gasteiger partial charge is 0.319 e. The summed E-state index contributed by atoms with van der Waals surface area (Å²) < 4.78 is 25.7. The van der Waals surface area contributed by atoms with E-state index in [0.29, 0.717) is 39.6 Å². The van der Waals surface area contributed by atoms with Crippen LogP contribution >= 0.6 is 11.3 Å². The van der Waals surface area contributed by atoms with E-state index >= 15 is 0 Å². The van der Waals surface area contributed by atoms with Gasteiger partial charge in [0.25, 0.3) is 5.19 Å². The van der Waals surface area contributed by atoms with Crippen LogP contribution in [0.2, 0.25) is 0 Å². The molecule has 9 nitrogen and oxygen atoms in total. The fraction of sp³-hybridized carbons (Fsp3) is 0.450. The predicted molar refractivity (Wildman–Crippen MR) is 111 cm³/mol. The van der Waals surface area contributed by atoms with Crippen molar-refractivity contribution in [2.75, 3.05) is 14.2 Å². The number of phenols is 1. The van der Waals surface area contributed by atoms with Crippen molar-refractivity contribution < 1.29 is 19.0 Å². The van der Waals surface area contributed by atoms with Crippen LogP contribution in [-0.2, 0) is 0 Å². The zero-order valence-corrected chi connectivity index (χ0v) is 17.8. The summed E-state index contributed by atoms with van der Waals surface area (Å²) in [6.45, 7) is 0. The fourth-order valence-electron chi connectivity index (χ4n) is 4.33. The first kappa shape index (κ1) is 20.0. The predicted octanol–water partition coefficient (Wildman–Crippen LogP) is 2.72. The lowest BCUT2D eigenvalue weighted by Gasteiger charge is -2.38. The number of fused-ring (bicyclic) bond motifs is 2. The Labute approximate surface area is 181 Å². The number of halogens is 1. The van der Waals surface area contributed by atoms with Gasteiger partial charge in [0.05, 0.1) is 12.7 Å². The second-order valence-corrected chi connectivity index (χ2v) is 8.64. The van der Waals surface area contributed by atoms with Crippen LogP contribution in [0.5, 0.6) is 17.0 Å². The maximum Gasteiger partial charge on any atom is 0.319 e. The molecule has 0 aliphatic carbocycles. The van der Waals surface area contributed by atoms with Gasteiger partial charge >= 0.3 is 6.01 Å². The highest BCUT2D eigenvalue weighted by Crippen LogP contribution is 2.40.